The van der Waals surface area contributed by atoms with Crippen LogP contribution in [0.1, 0.15) is 41.6 Å². The van der Waals surface area contributed by atoms with Crippen molar-refractivity contribution in [3.63, 3.8) is 0 Å². The van der Waals surface area contributed by atoms with E-state index in [9.17, 15) is 4.39 Å². The van der Waals surface area contributed by atoms with Gasteiger partial charge in [-0.25, -0.2) is 9.37 Å². The molecular formula is C17H22FN3. The van der Waals surface area contributed by atoms with Gasteiger partial charge in [0.05, 0.1) is 6.04 Å². The maximum absolute atomic E-state index is 13.5. The Bertz CT molecular complexity index is 625. The first-order chi connectivity index (χ1) is 10.0. The SMILES string of the molecule is CCCNC(c1ccc(F)c(C)c1)c1cc(C)cnc1N. The zero-order chi connectivity index (χ0) is 15.4. The second kappa shape index (κ2) is 6.68. The minimum Gasteiger partial charge on any atom is -0.383 e. The lowest BCUT2D eigenvalue weighted by Gasteiger charge is -2.21. The molecule has 0 bridgehead atoms. The molecule has 0 radical (unpaired) electrons. The van der Waals surface area contributed by atoms with E-state index in [1.807, 2.05) is 19.1 Å². The molecule has 0 aliphatic rings. The van der Waals surface area contributed by atoms with Gasteiger partial charge in [-0.1, -0.05) is 19.1 Å². The Kier molecular flexibility index (Phi) is 4.91. The Balaban J connectivity index is 2.46. The van der Waals surface area contributed by atoms with Gasteiger partial charge in [-0.05, 0) is 55.6 Å². The molecule has 4 heteroatoms. The van der Waals surface area contributed by atoms with Crippen molar-refractivity contribution in [1.29, 1.82) is 0 Å². The first-order valence-electron chi connectivity index (χ1n) is 7.24. The Morgan fingerprint density at radius 3 is 2.71 bits per heavy atom. The van der Waals surface area contributed by atoms with Gasteiger partial charge in [-0.15, -0.1) is 0 Å². The fourth-order valence-electron chi connectivity index (χ4n) is 2.38. The number of pyridine rings is 1. The summed E-state index contributed by atoms with van der Waals surface area (Å²) in [5, 5.41) is 3.47. The minimum atomic E-state index is -0.191. The molecule has 112 valence electrons. The molecule has 0 fully saturated rings. The quantitative estimate of drug-likeness (QED) is 0.884. The smallest absolute Gasteiger partial charge is 0.128 e. The van der Waals surface area contributed by atoms with Crippen LogP contribution in [-0.4, -0.2) is 11.5 Å². The molecule has 1 heterocycles. The highest BCUT2D eigenvalue weighted by atomic mass is 19.1. The summed E-state index contributed by atoms with van der Waals surface area (Å²) >= 11 is 0. The fourth-order valence-corrected chi connectivity index (χ4v) is 2.38. The van der Waals surface area contributed by atoms with Crippen LogP contribution in [0.2, 0.25) is 0 Å². The van der Waals surface area contributed by atoms with Crippen LogP contribution in [0.3, 0.4) is 0 Å². The number of rotatable bonds is 5. The van der Waals surface area contributed by atoms with Gasteiger partial charge in [0, 0.05) is 11.8 Å². The maximum atomic E-state index is 13.5. The maximum Gasteiger partial charge on any atom is 0.128 e. The molecule has 2 aromatic rings. The highest BCUT2D eigenvalue weighted by Gasteiger charge is 2.18. The average molecular weight is 287 g/mol. The summed E-state index contributed by atoms with van der Waals surface area (Å²) in [6.07, 6.45) is 2.77. The van der Waals surface area contributed by atoms with Crippen LogP contribution >= 0.6 is 0 Å². The number of nitrogens with two attached hydrogens (primary N) is 1. The van der Waals surface area contributed by atoms with Gasteiger partial charge in [0.25, 0.3) is 0 Å². The molecule has 1 aromatic heterocycles. The third kappa shape index (κ3) is 3.58. The zero-order valence-corrected chi connectivity index (χ0v) is 12.8. The molecule has 2 rings (SSSR count). The number of anilines is 1. The molecule has 0 saturated carbocycles. The minimum absolute atomic E-state index is 0.0725. The lowest BCUT2D eigenvalue weighted by molar-refractivity contribution is 0.590. The van der Waals surface area contributed by atoms with Crippen molar-refractivity contribution in [2.75, 3.05) is 12.3 Å². The zero-order valence-electron chi connectivity index (χ0n) is 12.8. The number of nitrogen functional groups attached to an aromatic ring is 1. The summed E-state index contributed by atoms with van der Waals surface area (Å²) in [5.74, 6) is 0.319. The number of hydrogen-bond donors (Lipinski definition) is 2. The summed E-state index contributed by atoms with van der Waals surface area (Å²) in [4.78, 5) is 4.24. The highest BCUT2D eigenvalue weighted by Crippen LogP contribution is 2.27. The van der Waals surface area contributed by atoms with E-state index >= 15 is 0 Å². The first kappa shape index (κ1) is 15.4. The van der Waals surface area contributed by atoms with Crippen LogP contribution in [-0.2, 0) is 0 Å². The molecule has 0 spiro atoms. The van der Waals surface area contributed by atoms with Crippen molar-refractivity contribution < 1.29 is 4.39 Å². The molecule has 0 aliphatic heterocycles. The average Bonchev–Trinajstić information content (AvgIpc) is 2.46. The van der Waals surface area contributed by atoms with Gasteiger partial charge in [-0.3, -0.25) is 0 Å². The van der Waals surface area contributed by atoms with Crippen molar-refractivity contribution in [1.82, 2.24) is 10.3 Å². The van der Waals surface area contributed by atoms with Gasteiger partial charge in [0.1, 0.15) is 11.6 Å². The van der Waals surface area contributed by atoms with Crippen molar-refractivity contribution >= 4 is 5.82 Å². The summed E-state index contributed by atoms with van der Waals surface area (Å²) in [5.41, 5.74) is 9.67. The fraction of sp³-hybridized carbons (Fsp3) is 0.353. The number of nitrogens with one attached hydrogen (secondary N) is 1. The number of aromatic nitrogens is 1. The molecule has 3 N–H and O–H groups in total. The van der Waals surface area contributed by atoms with Crippen molar-refractivity contribution in [2.45, 2.75) is 33.2 Å². The van der Waals surface area contributed by atoms with Gasteiger partial charge < -0.3 is 11.1 Å². The van der Waals surface area contributed by atoms with Gasteiger partial charge >= 0.3 is 0 Å². The number of hydrogen-bond acceptors (Lipinski definition) is 3. The Labute approximate surface area is 125 Å². The van der Waals surface area contributed by atoms with Crippen LogP contribution in [0.25, 0.3) is 0 Å². The standard InChI is InChI=1S/C17H22FN3/c1-4-7-20-16(13-5-6-15(18)12(3)9-13)14-8-11(2)10-21-17(14)19/h5-6,8-10,16,20H,4,7H2,1-3H3,(H2,19,21). The van der Waals surface area contributed by atoms with E-state index in [-0.39, 0.29) is 11.9 Å². The van der Waals surface area contributed by atoms with Gasteiger partial charge in [0.2, 0.25) is 0 Å². The Morgan fingerprint density at radius 1 is 1.29 bits per heavy atom. The monoisotopic (exact) mass is 287 g/mol. The van der Waals surface area contributed by atoms with Crippen molar-refractivity contribution in [3.05, 3.63) is 58.5 Å². The van der Waals surface area contributed by atoms with E-state index < -0.39 is 0 Å². The first-order valence-corrected chi connectivity index (χ1v) is 7.24. The number of halogens is 1. The van der Waals surface area contributed by atoms with Crippen LogP contribution in [0.15, 0.2) is 30.5 Å². The van der Waals surface area contributed by atoms with Crippen LogP contribution in [0, 0.1) is 19.7 Å². The van der Waals surface area contributed by atoms with E-state index in [0.29, 0.717) is 11.4 Å². The predicted molar refractivity (Wildman–Crippen MR) is 84.7 cm³/mol. The van der Waals surface area contributed by atoms with E-state index in [1.165, 1.54) is 6.07 Å². The largest absolute Gasteiger partial charge is 0.383 e. The molecule has 0 saturated heterocycles. The second-order valence-electron chi connectivity index (χ2n) is 5.38. The summed E-state index contributed by atoms with van der Waals surface area (Å²) < 4.78 is 13.5. The third-order valence-corrected chi connectivity index (χ3v) is 3.51. The lowest BCUT2D eigenvalue weighted by atomic mass is 9.96. The molecule has 3 nitrogen and oxygen atoms in total. The van der Waals surface area contributed by atoms with Crippen LogP contribution < -0.4 is 11.1 Å². The van der Waals surface area contributed by atoms with Crippen LogP contribution in [0.5, 0.6) is 0 Å². The summed E-state index contributed by atoms with van der Waals surface area (Å²) in [6.45, 7) is 6.72. The predicted octanol–water partition coefficient (Wildman–Crippen LogP) is 3.51. The van der Waals surface area contributed by atoms with Gasteiger partial charge in [-0.2, -0.15) is 0 Å². The summed E-state index contributed by atoms with van der Waals surface area (Å²) in [6, 6.07) is 7.14. The molecule has 21 heavy (non-hydrogen) atoms. The Morgan fingerprint density at radius 2 is 2.05 bits per heavy atom. The lowest BCUT2D eigenvalue weighted by Crippen LogP contribution is -2.24. The number of benzene rings is 1. The van der Waals surface area contributed by atoms with Crippen molar-refractivity contribution in [3.8, 4) is 0 Å². The highest BCUT2D eigenvalue weighted by molar-refractivity contribution is 5.47. The molecule has 1 aromatic carbocycles. The van der Waals surface area contributed by atoms with E-state index in [1.54, 1.807) is 19.2 Å². The molecular weight excluding hydrogens is 265 g/mol. The van der Waals surface area contributed by atoms with E-state index in [2.05, 4.69) is 17.2 Å². The van der Waals surface area contributed by atoms with Crippen LogP contribution in [0.4, 0.5) is 10.2 Å². The van der Waals surface area contributed by atoms with Gasteiger partial charge in [0.15, 0.2) is 0 Å². The molecule has 0 amide bonds. The molecule has 0 aliphatic carbocycles. The molecule has 1 unspecified atom stereocenters. The van der Waals surface area contributed by atoms with E-state index in [0.717, 1.165) is 29.7 Å². The third-order valence-electron chi connectivity index (χ3n) is 3.51. The number of aryl methyl sites for hydroxylation is 2. The van der Waals surface area contributed by atoms with E-state index in [4.69, 9.17) is 5.73 Å². The molecule has 1 atom stereocenters. The van der Waals surface area contributed by atoms with Crippen molar-refractivity contribution in [2.24, 2.45) is 0 Å². The summed E-state index contributed by atoms with van der Waals surface area (Å²) in [7, 11) is 0. The number of nitrogens with zero attached hydrogens (tertiary/aromatic N) is 1. The second-order valence-corrected chi connectivity index (χ2v) is 5.38. The Hall–Kier alpha value is -1.94. The topological polar surface area (TPSA) is 50.9 Å². The normalized spacial score (nSPS) is 12.4.